The minimum atomic E-state index is -0.683. The number of aliphatic hydroxyl groups is 1. The van der Waals surface area contributed by atoms with Crippen molar-refractivity contribution < 1.29 is 19.1 Å². The van der Waals surface area contributed by atoms with Gasteiger partial charge in [0, 0.05) is 6.92 Å². The molecule has 0 saturated heterocycles. The van der Waals surface area contributed by atoms with E-state index >= 15 is 0 Å². The van der Waals surface area contributed by atoms with Gasteiger partial charge in [0.05, 0.1) is 12.1 Å². The summed E-state index contributed by atoms with van der Waals surface area (Å²) in [6, 6.07) is 2.77. The lowest BCUT2D eigenvalue weighted by atomic mass is 10.1. The van der Waals surface area contributed by atoms with E-state index in [2.05, 4.69) is 0 Å². The van der Waals surface area contributed by atoms with Crippen molar-refractivity contribution in [1.29, 1.82) is 0 Å². The maximum atomic E-state index is 10.5. The van der Waals surface area contributed by atoms with Gasteiger partial charge in [0.1, 0.15) is 18.1 Å². The number of aliphatic hydroxyl groups excluding tert-OH is 1. The molecular weight excluding hydrogens is 198 g/mol. The molecule has 0 bridgehead atoms. The van der Waals surface area contributed by atoms with Crippen molar-refractivity contribution in [3.05, 3.63) is 23.7 Å². The third kappa shape index (κ3) is 3.38. The minimum absolute atomic E-state index is 0.0852. The fourth-order valence-corrected chi connectivity index (χ4v) is 1.06. The number of hydrogen-bond acceptors (Lipinski definition) is 5. The molecule has 1 aromatic heterocycles. The van der Waals surface area contributed by atoms with E-state index in [4.69, 9.17) is 14.9 Å². The Morgan fingerprint density at radius 2 is 2.33 bits per heavy atom. The van der Waals surface area contributed by atoms with Crippen LogP contribution in [-0.4, -0.2) is 17.2 Å². The molecule has 0 spiro atoms. The maximum Gasteiger partial charge on any atom is 0.303 e. The quantitative estimate of drug-likeness (QED) is 0.720. The van der Waals surface area contributed by atoms with Crippen LogP contribution < -0.4 is 5.73 Å². The van der Waals surface area contributed by atoms with Crippen molar-refractivity contribution in [2.24, 2.45) is 5.73 Å². The minimum Gasteiger partial charge on any atom is -0.461 e. The summed E-state index contributed by atoms with van der Waals surface area (Å²) in [6.45, 7) is 2.99. The van der Waals surface area contributed by atoms with Gasteiger partial charge in [-0.25, -0.2) is 0 Å². The zero-order valence-electron chi connectivity index (χ0n) is 8.77. The van der Waals surface area contributed by atoms with Gasteiger partial charge in [-0.3, -0.25) is 4.79 Å². The van der Waals surface area contributed by atoms with Crippen molar-refractivity contribution in [3.63, 3.8) is 0 Å². The first-order valence-electron chi connectivity index (χ1n) is 4.66. The number of ether oxygens (including phenoxy) is 1. The Morgan fingerprint density at radius 1 is 1.67 bits per heavy atom. The van der Waals surface area contributed by atoms with Crippen molar-refractivity contribution in [3.8, 4) is 0 Å². The summed E-state index contributed by atoms with van der Waals surface area (Å²) in [5.41, 5.74) is 5.66. The number of furan rings is 1. The predicted molar refractivity (Wildman–Crippen MR) is 52.8 cm³/mol. The zero-order valence-corrected chi connectivity index (χ0v) is 8.77. The van der Waals surface area contributed by atoms with Gasteiger partial charge >= 0.3 is 5.97 Å². The molecule has 5 nitrogen and oxygen atoms in total. The number of rotatable bonds is 4. The third-order valence-corrected chi connectivity index (χ3v) is 1.95. The summed E-state index contributed by atoms with van der Waals surface area (Å²) in [7, 11) is 0. The summed E-state index contributed by atoms with van der Waals surface area (Å²) in [5, 5.41) is 9.23. The molecule has 0 fully saturated rings. The van der Waals surface area contributed by atoms with Gasteiger partial charge in [-0.2, -0.15) is 0 Å². The molecule has 0 saturated carbocycles. The number of hydrogen-bond donors (Lipinski definition) is 2. The van der Waals surface area contributed by atoms with Gasteiger partial charge in [-0.1, -0.05) is 0 Å². The molecule has 2 atom stereocenters. The van der Waals surface area contributed by atoms with Crippen molar-refractivity contribution >= 4 is 5.97 Å². The second-order valence-corrected chi connectivity index (χ2v) is 3.35. The molecule has 1 aromatic rings. The fourth-order valence-electron chi connectivity index (χ4n) is 1.06. The number of carbonyl (C=O) groups is 1. The van der Waals surface area contributed by atoms with Crippen LogP contribution in [-0.2, 0) is 16.1 Å². The Labute approximate surface area is 87.8 Å². The van der Waals surface area contributed by atoms with Crippen molar-refractivity contribution in [1.82, 2.24) is 0 Å². The van der Waals surface area contributed by atoms with Gasteiger partial charge in [-0.15, -0.1) is 0 Å². The van der Waals surface area contributed by atoms with Crippen LogP contribution in [0.3, 0.4) is 0 Å². The van der Waals surface area contributed by atoms with E-state index in [-0.39, 0.29) is 12.6 Å². The van der Waals surface area contributed by atoms with Gasteiger partial charge < -0.3 is 20.0 Å². The lowest BCUT2D eigenvalue weighted by Gasteiger charge is -2.11. The van der Waals surface area contributed by atoms with E-state index in [0.717, 1.165) is 0 Å². The Bertz CT molecular complexity index is 332. The first-order chi connectivity index (χ1) is 7.00. The van der Waals surface area contributed by atoms with Crippen LogP contribution in [0.15, 0.2) is 16.5 Å². The van der Waals surface area contributed by atoms with E-state index in [9.17, 15) is 9.90 Å². The molecule has 0 aromatic carbocycles. The smallest absolute Gasteiger partial charge is 0.303 e. The largest absolute Gasteiger partial charge is 0.461 e. The molecular formula is C10H15NO4. The lowest BCUT2D eigenvalue weighted by Crippen LogP contribution is -2.22. The average molecular weight is 213 g/mol. The predicted octanol–water partition coefficient (Wildman–Crippen LogP) is 0.723. The summed E-state index contributed by atoms with van der Waals surface area (Å²) in [4.78, 5) is 10.5. The highest BCUT2D eigenvalue weighted by Crippen LogP contribution is 2.18. The number of esters is 1. The van der Waals surface area contributed by atoms with E-state index in [0.29, 0.717) is 11.5 Å². The Balaban J connectivity index is 2.60. The summed E-state index contributed by atoms with van der Waals surface area (Å²) in [6.07, 6.45) is -0.683. The molecule has 0 radical (unpaired) electrons. The molecule has 0 amide bonds. The van der Waals surface area contributed by atoms with E-state index < -0.39 is 12.1 Å². The van der Waals surface area contributed by atoms with Crippen molar-refractivity contribution in [2.75, 3.05) is 0 Å². The molecule has 0 unspecified atom stereocenters. The monoisotopic (exact) mass is 213 g/mol. The molecule has 84 valence electrons. The maximum absolute atomic E-state index is 10.5. The summed E-state index contributed by atoms with van der Waals surface area (Å²) >= 11 is 0. The lowest BCUT2D eigenvalue weighted by molar-refractivity contribution is -0.142. The highest BCUT2D eigenvalue weighted by Gasteiger charge is 2.16. The second-order valence-electron chi connectivity index (χ2n) is 3.35. The van der Waals surface area contributed by atoms with Gasteiger partial charge in [0.25, 0.3) is 0 Å². The molecule has 0 aliphatic rings. The van der Waals surface area contributed by atoms with Crippen LogP contribution in [0.25, 0.3) is 0 Å². The molecule has 0 aliphatic carbocycles. The van der Waals surface area contributed by atoms with Gasteiger partial charge in [-0.05, 0) is 19.1 Å². The van der Waals surface area contributed by atoms with E-state index in [1.165, 1.54) is 6.92 Å². The van der Waals surface area contributed by atoms with E-state index in [1.807, 2.05) is 0 Å². The average Bonchev–Trinajstić information content (AvgIpc) is 2.61. The normalized spacial score (nSPS) is 14.7. The molecule has 15 heavy (non-hydrogen) atoms. The Hall–Kier alpha value is -1.33. The van der Waals surface area contributed by atoms with Gasteiger partial charge in [0.2, 0.25) is 0 Å². The molecule has 1 rings (SSSR count). The second kappa shape index (κ2) is 4.95. The standard InChI is InChI=1S/C10H15NO4/c1-6(12)10(11)9-4-3-8(15-9)5-14-7(2)13/h3-4,6,10,12H,5,11H2,1-2H3/t6-,10-/m0/s1. The molecule has 1 heterocycles. The zero-order chi connectivity index (χ0) is 11.4. The molecule has 5 heteroatoms. The topological polar surface area (TPSA) is 85.7 Å². The van der Waals surface area contributed by atoms with Crippen LogP contribution in [0, 0.1) is 0 Å². The number of carbonyl (C=O) groups excluding carboxylic acids is 1. The fraction of sp³-hybridized carbons (Fsp3) is 0.500. The third-order valence-electron chi connectivity index (χ3n) is 1.95. The van der Waals surface area contributed by atoms with Gasteiger partial charge in [0.15, 0.2) is 0 Å². The van der Waals surface area contributed by atoms with Crippen LogP contribution in [0.2, 0.25) is 0 Å². The highest BCUT2D eigenvalue weighted by atomic mass is 16.5. The highest BCUT2D eigenvalue weighted by molar-refractivity contribution is 5.65. The van der Waals surface area contributed by atoms with Crippen LogP contribution >= 0.6 is 0 Å². The summed E-state index contributed by atoms with van der Waals surface area (Å²) < 4.78 is 10.0. The van der Waals surface area contributed by atoms with E-state index in [1.54, 1.807) is 19.1 Å². The first-order valence-corrected chi connectivity index (χ1v) is 4.66. The van der Waals surface area contributed by atoms with Crippen LogP contribution in [0.1, 0.15) is 31.4 Å². The molecule has 0 aliphatic heterocycles. The Kier molecular flexibility index (Phi) is 3.88. The first kappa shape index (κ1) is 11.7. The molecule has 3 N–H and O–H groups in total. The Morgan fingerprint density at radius 3 is 2.87 bits per heavy atom. The number of nitrogens with two attached hydrogens (primary N) is 1. The van der Waals surface area contributed by atoms with Crippen LogP contribution in [0.5, 0.6) is 0 Å². The van der Waals surface area contributed by atoms with Crippen molar-refractivity contribution in [2.45, 2.75) is 32.6 Å². The summed E-state index contributed by atoms with van der Waals surface area (Å²) in [5.74, 6) is 0.622. The SMILES string of the molecule is CC(=O)OCc1ccc([C@@H](N)[C@H](C)O)o1. The van der Waals surface area contributed by atoms with Crippen LogP contribution in [0.4, 0.5) is 0 Å².